The van der Waals surface area contributed by atoms with Gasteiger partial charge in [0.25, 0.3) is 5.91 Å². The highest BCUT2D eigenvalue weighted by Crippen LogP contribution is 2.23. The van der Waals surface area contributed by atoms with E-state index in [0.717, 1.165) is 22.6 Å². The minimum Gasteiger partial charge on any atom is -0.497 e. The summed E-state index contributed by atoms with van der Waals surface area (Å²) in [6.07, 6.45) is 0. The van der Waals surface area contributed by atoms with Crippen molar-refractivity contribution in [1.29, 1.82) is 0 Å². The number of rotatable bonds is 7. The van der Waals surface area contributed by atoms with Crippen LogP contribution in [-0.4, -0.2) is 33.7 Å². The van der Waals surface area contributed by atoms with Crippen molar-refractivity contribution in [3.8, 4) is 11.5 Å². The molecule has 1 atom stereocenters. The first-order valence-corrected chi connectivity index (χ1v) is 7.81. The minimum absolute atomic E-state index is 0.0151. The van der Waals surface area contributed by atoms with Crippen LogP contribution in [-0.2, 0) is 11.3 Å². The first-order chi connectivity index (χ1) is 12.3. The van der Waals surface area contributed by atoms with E-state index in [1.807, 2.05) is 0 Å². The largest absolute Gasteiger partial charge is 0.497 e. The molecule has 26 heavy (non-hydrogen) atoms. The zero-order valence-corrected chi connectivity index (χ0v) is 14.7. The molecule has 0 spiro atoms. The normalized spacial score (nSPS) is 11.8. The van der Waals surface area contributed by atoms with Gasteiger partial charge in [-0.25, -0.2) is 13.2 Å². The number of nitrogens with one attached hydrogen (secondary N) is 2. The van der Waals surface area contributed by atoms with Gasteiger partial charge in [-0.3, -0.25) is 4.79 Å². The standard InChI is InChI=1S/C18H19F3N2O3/c1-23(9-11-8-12(25-2)4-7-15(11)26-3)10-16(24)22-14-6-5-13(19)17(20)18(14)21/h4-8H,9-10H2,1-3H3,(H,22,24)/p+1. The molecule has 2 rings (SSSR count). The molecule has 0 bridgehead atoms. The number of amides is 1. The Balaban J connectivity index is 2.03. The number of benzene rings is 2. The second-order valence-corrected chi connectivity index (χ2v) is 5.76. The van der Waals surface area contributed by atoms with Crippen LogP contribution in [0.15, 0.2) is 30.3 Å². The maximum Gasteiger partial charge on any atom is 0.279 e. The van der Waals surface area contributed by atoms with Crippen molar-refractivity contribution in [2.24, 2.45) is 0 Å². The van der Waals surface area contributed by atoms with Crippen LogP contribution >= 0.6 is 0 Å². The molecule has 2 aromatic rings. The molecule has 0 aliphatic carbocycles. The molecule has 2 aromatic carbocycles. The van der Waals surface area contributed by atoms with Crippen LogP contribution in [0.25, 0.3) is 0 Å². The van der Waals surface area contributed by atoms with Gasteiger partial charge in [0.2, 0.25) is 0 Å². The van der Waals surface area contributed by atoms with E-state index in [0.29, 0.717) is 18.0 Å². The number of methoxy groups -OCH3 is 2. The Morgan fingerprint density at radius 3 is 2.46 bits per heavy atom. The fraction of sp³-hybridized carbons (Fsp3) is 0.278. The SMILES string of the molecule is COc1ccc(OC)c(C[NH+](C)CC(=O)Nc2ccc(F)c(F)c2F)c1. The topological polar surface area (TPSA) is 52.0 Å². The molecule has 0 radical (unpaired) electrons. The maximum atomic E-state index is 13.6. The molecular weight excluding hydrogens is 349 g/mol. The fourth-order valence-corrected chi connectivity index (χ4v) is 2.50. The number of quaternary nitrogens is 1. The lowest BCUT2D eigenvalue weighted by atomic mass is 10.1. The molecule has 5 nitrogen and oxygen atoms in total. The van der Waals surface area contributed by atoms with Crippen molar-refractivity contribution >= 4 is 11.6 Å². The predicted molar refractivity (Wildman–Crippen MR) is 89.9 cm³/mol. The average molecular weight is 369 g/mol. The van der Waals surface area contributed by atoms with Crippen LogP contribution in [0.1, 0.15) is 5.56 Å². The summed E-state index contributed by atoms with van der Waals surface area (Å²) in [6, 6.07) is 7.06. The Bertz CT molecular complexity index is 799. The Morgan fingerprint density at radius 2 is 1.81 bits per heavy atom. The second kappa shape index (κ2) is 8.57. The fourth-order valence-electron chi connectivity index (χ4n) is 2.50. The minimum atomic E-state index is -1.62. The number of carbonyl (C=O) groups is 1. The molecule has 0 saturated heterocycles. The number of hydrogen-bond donors (Lipinski definition) is 2. The van der Waals surface area contributed by atoms with E-state index < -0.39 is 29.0 Å². The summed E-state index contributed by atoms with van der Waals surface area (Å²) in [6.45, 7) is 0.423. The summed E-state index contributed by atoms with van der Waals surface area (Å²) in [4.78, 5) is 12.8. The summed E-state index contributed by atoms with van der Waals surface area (Å²) in [5.74, 6) is -3.59. The van der Waals surface area contributed by atoms with Crippen molar-refractivity contribution in [3.05, 3.63) is 53.3 Å². The zero-order valence-electron chi connectivity index (χ0n) is 14.7. The van der Waals surface area contributed by atoms with Crippen molar-refractivity contribution in [2.45, 2.75) is 6.54 Å². The third-order valence-corrected chi connectivity index (χ3v) is 3.75. The second-order valence-electron chi connectivity index (χ2n) is 5.76. The number of hydrogen-bond acceptors (Lipinski definition) is 3. The van der Waals surface area contributed by atoms with Gasteiger partial charge in [0, 0.05) is 0 Å². The summed E-state index contributed by atoms with van der Waals surface area (Å²) in [5, 5.41) is 2.25. The first-order valence-electron chi connectivity index (χ1n) is 7.81. The summed E-state index contributed by atoms with van der Waals surface area (Å²) >= 11 is 0. The highest BCUT2D eigenvalue weighted by molar-refractivity contribution is 5.91. The van der Waals surface area contributed by atoms with Crippen LogP contribution in [0.2, 0.25) is 0 Å². The molecule has 0 aliphatic rings. The van der Waals surface area contributed by atoms with Gasteiger partial charge in [-0.05, 0) is 30.3 Å². The van der Waals surface area contributed by atoms with Crippen LogP contribution in [0, 0.1) is 17.5 Å². The van der Waals surface area contributed by atoms with Crippen molar-refractivity contribution < 1.29 is 32.3 Å². The summed E-state index contributed by atoms with van der Waals surface area (Å²) < 4.78 is 50.2. The molecule has 0 aliphatic heterocycles. The molecule has 0 aromatic heterocycles. The van der Waals surface area contributed by atoms with Gasteiger partial charge >= 0.3 is 0 Å². The Kier molecular flexibility index (Phi) is 6.46. The van der Waals surface area contributed by atoms with Crippen molar-refractivity contribution in [2.75, 3.05) is 33.1 Å². The average Bonchev–Trinajstić information content (AvgIpc) is 2.62. The number of carbonyl (C=O) groups excluding carboxylic acids is 1. The highest BCUT2D eigenvalue weighted by Gasteiger charge is 2.18. The number of anilines is 1. The quantitative estimate of drug-likeness (QED) is 0.732. The van der Waals surface area contributed by atoms with Crippen LogP contribution < -0.4 is 19.7 Å². The van der Waals surface area contributed by atoms with E-state index in [1.54, 1.807) is 39.5 Å². The van der Waals surface area contributed by atoms with Crippen molar-refractivity contribution in [1.82, 2.24) is 0 Å². The molecule has 0 fully saturated rings. The Labute approximate surface area is 149 Å². The van der Waals surface area contributed by atoms with Gasteiger partial charge in [-0.2, -0.15) is 0 Å². The Morgan fingerprint density at radius 1 is 1.08 bits per heavy atom. The number of likely N-dealkylation sites (N-methyl/N-ethyl adjacent to an activating group) is 1. The van der Waals surface area contributed by atoms with Gasteiger partial charge in [0.05, 0.1) is 32.5 Å². The lowest BCUT2D eigenvalue weighted by molar-refractivity contribution is -0.885. The summed E-state index contributed by atoms with van der Waals surface area (Å²) in [5.41, 5.74) is 0.428. The molecule has 140 valence electrons. The van der Waals surface area contributed by atoms with Gasteiger partial charge in [0.1, 0.15) is 18.0 Å². The Hall–Kier alpha value is -2.74. The molecular formula is C18H20F3N2O3+. The van der Waals surface area contributed by atoms with Gasteiger partial charge in [-0.1, -0.05) is 0 Å². The molecule has 0 saturated carbocycles. The molecule has 2 N–H and O–H groups in total. The third-order valence-electron chi connectivity index (χ3n) is 3.75. The third kappa shape index (κ3) is 4.66. The smallest absolute Gasteiger partial charge is 0.279 e. The number of halogens is 3. The van der Waals surface area contributed by atoms with Crippen LogP contribution in [0.3, 0.4) is 0 Å². The van der Waals surface area contributed by atoms with E-state index in [2.05, 4.69) is 5.32 Å². The lowest BCUT2D eigenvalue weighted by Crippen LogP contribution is -3.08. The van der Waals surface area contributed by atoms with E-state index >= 15 is 0 Å². The predicted octanol–water partition coefficient (Wildman–Crippen LogP) is 1.77. The monoisotopic (exact) mass is 369 g/mol. The van der Waals surface area contributed by atoms with Gasteiger partial charge in [0.15, 0.2) is 24.0 Å². The van der Waals surface area contributed by atoms with Gasteiger partial charge < -0.3 is 19.7 Å². The van der Waals surface area contributed by atoms with Crippen LogP contribution in [0.5, 0.6) is 11.5 Å². The lowest BCUT2D eigenvalue weighted by Gasteiger charge is -2.16. The first kappa shape index (κ1) is 19.6. The summed E-state index contributed by atoms with van der Waals surface area (Å²) in [7, 11) is 4.85. The zero-order chi connectivity index (χ0) is 19.3. The molecule has 8 heteroatoms. The van der Waals surface area contributed by atoms with E-state index in [4.69, 9.17) is 9.47 Å². The molecule has 1 unspecified atom stereocenters. The maximum absolute atomic E-state index is 13.6. The molecule has 0 heterocycles. The van der Waals surface area contributed by atoms with E-state index in [-0.39, 0.29) is 6.54 Å². The van der Waals surface area contributed by atoms with Crippen LogP contribution in [0.4, 0.5) is 18.9 Å². The highest BCUT2D eigenvalue weighted by atomic mass is 19.2. The molecule has 1 amide bonds. The van der Waals surface area contributed by atoms with Crippen molar-refractivity contribution in [3.63, 3.8) is 0 Å². The van der Waals surface area contributed by atoms with E-state index in [9.17, 15) is 18.0 Å². The van der Waals surface area contributed by atoms with E-state index in [1.165, 1.54) is 0 Å². The van der Waals surface area contributed by atoms with Gasteiger partial charge in [-0.15, -0.1) is 0 Å². The number of ether oxygens (including phenoxy) is 2.